The van der Waals surface area contributed by atoms with Crippen molar-refractivity contribution in [1.82, 2.24) is 21.2 Å². The van der Waals surface area contributed by atoms with Crippen LogP contribution in [0.15, 0.2) is 42.7 Å². The first-order chi connectivity index (χ1) is 11.9. The molecule has 1 aromatic heterocycles. The lowest BCUT2D eigenvalue weighted by molar-refractivity contribution is 0.174. The summed E-state index contributed by atoms with van der Waals surface area (Å²) in [6.45, 7) is 3.17. The lowest BCUT2D eigenvalue weighted by Crippen LogP contribution is -2.30. The van der Waals surface area contributed by atoms with Crippen molar-refractivity contribution < 1.29 is 9.47 Å². The molecule has 0 spiro atoms. The molecule has 0 bridgehead atoms. The number of hydrazine groups is 1. The molecule has 25 heavy (non-hydrogen) atoms. The lowest BCUT2D eigenvalue weighted by atomic mass is 9.94. The average molecular weight is 363 g/mol. The van der Waals surface area contributed by atoms with E-state index in [1.165, 1.54) is 11.1 Å². The molecule has 7 heteroatoms. The number of fused-ring (bicyclic) bond motifs is 1. The van der Waals surface area contributed by atoms with Crippen LogP contribution in [0.3, 0.4) is 0 Å². The van der Waals surface area contributed by atoms with Crippen molar-refractivity contribution in [2.75, 3.05) is 26.4 Å². The SMILES string of the molecule is Cl.c1cncc(CCNCC2CNNC2c2ccc3c(c2)OCO3)c1. The molecule has 1 saturated heterocycles. The number of aromatic nitrogens is 1. The number of nitrogens with one attached hydrogen (secondary N) is 3. The number of rotatable bonds is 6. The topological polar surface area (TPSA) is 67.4 Å². The molecule has 0 radical (unpaired) electrons. The van der Waals surface area contributed by atoms with Gasteiger partial charge in [0.25, 0.3) is 0 Å². The molecule has 1 aromatic carbocycles. The molecule has 1 fully saturated rings. The van der Waals surface area contributed by atoms with Gasteiger partial charge in [-0.1, -0.05) is 12.1 Å². The molecule has 3 heterocycles. The third kappa shape index (κ3) is 4.22. The molecule has 0 aliphatic carbocycles. The summed E-state index contributed by atoms with van der Waals surface area (Å²) in [5.41, 5.74) is 9.14. The highest BCUT2D eigenvalue weighted by Gasteiger charge is 2.29. The summed E-state index contributed by atoms with van der Waals surface area (Å²) < 4.78 is 10.9. The molecule has 134 valence electrons. The fraction of sp³-hybridized carbons (Fsp3) is 0.389. The number of nitrogens with zero attached hydrogens (tertiary/aromatic N) is 1. The van der Waals surface area contributed by atoms with Crippen LogP contribution in [0, 0.1) is 5.92 Å². The van der Waals surface area contributed by atoms with Gasteiger partial charge >= 0.3 is 0 Å². The van der Waals surface area contributed by atoms with E-state index in [1.807, 2.05) is 24.5 Å². The molecule has 2 aliphatic rings. The molecule has 2 atom stereocenters. The van der Waals surface area contributed by atoms with Crippen LogP contribution in [-0.2, 0) is 6.42 Å². The van der Waals surface area contributed by atoms with E-state index in [4.69, 9.17) is 9.47 Å². The zero-order valence-electron chi connectivity index (χ0n) is 13.9. The number of hydrogen-bond acceptors (Lipinski definition) is 6. The standard InChI is InChI=1S/C18H22N4O2.ClH/c1-2-13(9-19-6-1)5-7-20-10-15-11-21-22-18(15)14-3-4-16-17(8-14)24-12-23-16;/h1-4,6,8-9,15,18,20-22H,5,7,10-12H2;1H. The second-order valence-electron chi connectivity index (χ2n) is 6.19. The van der Waals surface area contributed by atoms with E-state index in [1.54, 1.807) is 0 Å². The molecule has 4 rings (SSSR count). The number of hydrogen-bond donors (Lipinski definition) is 3. The van der Waals surface area contributed by atoms with Crippen molar-refractivity contribution in [2.45, 2.75) is 12.5 Å². The summed E-state index contributed by atoms with van der Waals surface area (Å²) in [7, 11) is 0. The van der Waals surface area contributed by atoms with Gasteiger partial charge in [0.05, 0.1) is 6.04 Å². The van der Waals surface area contributed by atoms with Gasteiger partial charge in [-0.3, -0.25) is 10.4 Å². The Morgan fingerprint density at radius 2 is 2.12 bits per heavy atom. The van der Waals surface area contributed by atoms with Crippen LogP contribution in [0.5, 0.6) is 11.5 Å². The van der Waals surface area contributed by atoms with Gasteiger partial charge in [-0.2, -0.15) is 0 Å². The Hall–Kier alpha value is -1.86. The number of ether oxygens (including phenoxy) is 2. The normalized spacial score (nSPS) is 21.1. The molecule has 2 unspecified atom stereocenters. The summed E-state index contributed by atoms with van der Waals surface area (Å²) in [5.74, 6) is 2.15. The minimum Gasteiger partial charge on any atom is -0.454 e. The van der Waals surface area contributed by atoms with Gasteiger partial charge in [0.1, 0.15) is 0 Å². The molecule has 3 N–H and O–H groups in total. The van der Waals surface area contributed by atoms with Crippen LogP contribution < -0.4 is 25.6 Å². The van der Waals surface area contributed by atoms with Crippen LogP contribution in [0.2, 0.25) is 0 Å². The maximum absolute atomic E-state index is 5.49. The van der Waals surface area contributed by atoms with E-state index in [2.05, 4.69) is 39.4 Å². The minimum absolute atomic E-state index is 0. The Kier molecular flexibility index (Phi) is 6.09. The predicted molar refractivity (Wildman–Crippen MR) is 98.0 cm³/mol. The highest BCUT2D eigenvalue weighted by Crippen LogP contribution is 2.36. The average Bonchev–Trinajstić information content (AvgIpc) is 3.28. The summed E-state index contributed by atoms with van der Waals surface area (Å²) in [4.78, 5) is 4.15. The Morgan fingerprint density at radius 1 is 1.20 bits per heavy atom. The zero-order chi connectivity index (χ0) is 16.2. The van der Waals surface area contributed by atoms with Crippen LogP contribution >= 0.6 is 12.4 Å². The van der Waals surface area contributed by atoms with E-state index in [0.717, 1.165) is 37.6 Å². The van der Waals surface area contributed by atoms with Gasteiger partial charge in [0.2, 0.25) is 6.79 Å². The maximum Gasteiger partial charge on any atom is 0.231 e. The minimum atomic E-state index is 0. The third-order valence-corrected chi connectivity index (χ3v) is 4.57. The molecular formula is C18H23ClN4O2. The Morgan fingerprint density at radius 3 is 3.00 bits per heavy atom. The summed E-state index contributed by atoms with van der Waals surface area (Å²) in [5, 5.41) is 3.56. The summed E-state index contributed by atoms with van der Waals surface area (Å²) >= 11 is 0. The Balaban J connectivity index is 0.00000182. The van der Waals surface area contributed by atoms with Crippen molar-refractivity contribution in [1.29, 1.82) is 0 Å². The van der Waals surface area contributed by atoms with Crippen molar-refractivity contribution in [3.63, 3.8) is 0 Å². The summed E-state index contributed by atoms with van der Waals surface area (Å²) in [6, 6.07) is 10.5. The van der Waals surface area contributed by atoms with E-state index < -0.39 is 0 Å². The Bertz CT molecular complexity index is 686. The molecule has 2 aromatic rings. The van der Waals surface area contributed by atoms with Crippen molar-refractivity contribution in [3.05, 3.63) is 53.9 Å². The van der Waals surface area contributed by atoms with Crippen molar-refractivity contribution in [3.8, 4) is 11.5 Å². The van der Waals surface area contributed by atoms with Crippen molar-refractivity contribution in [2.24, 2.45) is 5.92 Å². The Labute approximate surface area is 153 Å². The van der Waals surface area contributed by atoms with Gasteiger partial charge in [0, 0.05) is 31.4 Å². The van der Waals surface area contributed by atoms with Crippen molar-refractivity contribution >= 4 is 12.4 Å². The number of halogens is 1. The summed E-state index contributed by atoms with van der Waals surface area (Å²) in [6.07, 6.45) is 4.73. The highest BCUT2D eigenvalue weighted by molar-refractivity contribution is 5.85. The van der Waals surface area contributed by atoms with E-state index in [9.17, 15) is 0 Å². The van der Waals surface area contributed by atoms with E-state index in [-0.39, 0.29) is 18.4 Å². The van der Waals surface area contributed by atoms with Gasteiger partial charge < -0.3 is 14.8 Å². The van der Waals surface area contributed by atoms with Crippen LogP contribution in [-0.4, -0.2) is 31.4 Å². The van der Waals surface area contributed by atoms with Crippen LogP contribution in [0.1, 0.15) is 17.2 Å². The number of benzene rings is 1. The van der Waals surface area contributed by atoms with Gasteiger partial charge in [-0.15, -0.1) is 12.4 Å². The first kappa shape index (κ1) is 17.9. The second-order valence-corrected chi connectivity index (χ2v) is 6.19. The largest absolute Gasteiger partial charge is 0.454 e. The number of pyridine rings is 1. The lowest BCUT2D eigenvalue weighted by Gasteiger charge is -2.19. The molecule has 2 aliphatic heterocycles. The third-order valence-electron chi connectivity index (χ3n) is 4.57. The molecule has 0 amide bonds. The molecular weight excluding hydrogens is 340 g/mol. The zero-order valence-corrected chi connectivity index (χ0v) is 14.7. The molecule has 6 nitrogen and oxygen atoms in total. The van der Waals surface area contributed by atoms with Crippen LogP contribution in [0.25, 0.3) is 0 Å². The van der Waals surface area contributed by atoms with Crippen LogP contribution in [0.4, 0.5) is 0 Å². The predicted octanol–water partition coefficient (Wildman–Crippen LogP) is 1.83. The monoisotopic (exact) mass is 362 g/mol. The quantitative estimate of drug-likeness (QED) is 0.681. The maximum atomic E-state index is 5.49. The van der Waals surface area contributed by atoms with Gasteiger partial charge in [-0.05, 0) is 42.3 Å². The van der Waals surface area contributed by atoms with Gasteiger partial charge in [0.15, 0.2) is 11.5 Å². The fourth-order valence-corrected chi connectivity index (χ4v) is 3.25. The second kappa shape index (κ2) is 8.49. The highest BCUT2D eigenvalue weighted by atomic mass is 35.5. The van der Waals surface area contributed by atoms with E-state index in [0.29, 0.717) is 12.7 Å². The van der Waals surface area contributed by atoms with Gasteiger partial charge in [-0.25, -0.2) is 5.43 Å². The first-order valence-corrected chi connectivity index (χ1v) is 8.38. The smallest absolute Gasteiger partial charge is 0.231 e. The first-order valence-electron chi connectivity index (χ1n) is 8.38. The fourth-order valence-electron chi connectivity index (χ4n) is 3.25. The molecule has 0 saturated carbocycles. The van der Waals surface area contributed by atoms with E-state index >= 15 is 0 Å².